The molecule has 180 valence electrons. The number of hydrogen-bond acceptors (Lipinski definition) is 6. The Labute approximate surface area is 204 Å². The Morgan fingerprint density at radius 2 is 1.62 bits per heavy atom. The molecule has 0 radical (unpaired) electrons. The first kappa shape index (κ1) is 23.8. The second kappa shape index (κ2) is 9.50. The summed E-state index contributed by atoms with van der Waals surface area (Å²) in [7, 11) is 6.28. The van der Waals surface area contributed by atoms with Gasteiger partial charge < -0.3 is 28.3 Å². The van der Waals surface area contributed by atoms with Gasteiger partial charge in [-0.2, -0.15) is 0 Å². The van der Waals surface area contributed by atoms with Gasteiger partial charge in [0.15, 0.2) is 11.5 Å². The molecule has 1 aliphatic rings. The first-order chi connectivity index (χ1) is 16.4. The Morgan fingerprint density at radius 3 is 2.18 bits per heavy atom. The summed E-state index contributed by atoms with van der Waals surface area (Å²) in [6.45, 7) is 4.76. The molecular formula is C26H28ClNO6. The standard InChI is InChI=1S/C26H28ClNO6/c1-7-34-26(29)23-22(16-11-20(31-4)25(33-6)21(12-16)32-5)14(2)28-9-8-15-10-19(30-3)18(27)13-17(15)24(23)28/h10-13H,7-9H2,1-6H3. The molecule has 1 aromatic heterocycles. The molecule has 7 nitrogen and oxygen atoms in total. The molecule has 0 N–H and O–H groups in total. The molecule has 0 amide bonds. The monoisotopic (exact) mass is 485 g/mol. The summed E-state index contributed by atoms with van der Waals surface area (Å²) in [5.41, 5.74) is 5.67. The Kier molecular flexibility index (Phi) is 6.66. The Morgan fingerprint density at radius 1 is 0.971 bits per heavy atom. The largest absolute Gasteiger partial charge is 0.495 e. The van der Waals surface area contributed by atoms with Crippen LogP contribution < -0.4 is 18.9 Å². The number of ether oxygens (including phenoxy) is 5. The predicted molar refractivity (Wildman–Crippen MR) is 131 cm³/mol. The van der Waals surface area contributed by atoms with Crippen molar-refractivity contribution in [3.8, 4) is 45.4 Å². The van der Waals surface area contributed by atoms with Crippen molar-refractivity contribution >= 4 is 17.6 Å². The fourth-order valence-electron chi connectivity index (χ4n) is 4.69. The number of rotatable bonds is 7. The van der Waals surface area contributed by atoms with Crippen LogP contribution in [-0.4, -0.2) is 45.6 Å². The fourth-order valence-corrected chi connectivity index (χ4v) is 4.93. The third-order valence-electron chi connectivity index (χ3n) is 6.19. The van der Waals surface area contributed by atoms with E-state index < -0.39 is 5.97 Å². The number of methoxy groups -OCH3 is 4. The van der Waals surface area contributed by atoms with Gasteiger partial charge in [0, 0.05) is 23.4 Å². The predicted octanol–water partition coefficient (Wildman–Crippen LogP) is 5.55. The zero-order chi connectivity index (χ0) is 24.6. The van der Waals surface area contributed by atoms with E-state index in [4.69, 9.17) is 35.3 Å². The van der Waals surface area contributed by atoms with Crippen molar-refractivity contribution in [3.63, 3.8) is 0 Å². The van der Waals surface area contributed by atoms with Gasteiger partial charge >= 0.3 is 5.97 Å². The average Bonchev–Trinajstić information content (AvgIpc) is 3.15. The number of esters is 1. The fraction of sp³-hybridized carbons (Fsp3) is 0.346. The normalized spacial score (nSPS) is 12.0. The van der Waals surface area contributed by atoms with Gasteiger partial charge in [-0.25, -0.2) is 4.79 Å². The van der Waals surface area contributed by atoms with Gasteiger partial charge in [-0.15, -0.1) is 0 Å². The van der Waals surface area contributed by atoms with Crippen LogP contribution >= 0.6 is 11.6 Å². The molecule has 0 unspecified atom stereocenters. The lowest BCUT2D eigenvalue weighted by Gasteiger charge is -2.22. The lowest BCUT2D eigenvalue weighted by Crippen LogP contribution is -2.14. The van der Waals surface area contributed by atoms with Crippen LogP contribution in [-0.2, 0) is 17.7 Å². The van der Waals surface area contributed by atoms with Crippen molar-refractivity contribution in [1.29, 1.82) is 0 Å². The summed E-state index contributed by atoms with van der Waals surface area (Å²) >= 11 is 6.50. The number of carbonyl (C=O) groups excluding carboxylic acids is 1. The lowest BCUT2D eigenvalue weighted by atomic mass is 9.93. The molecule has 0 spiro atoms. The van der Waals surface area contributed by atoms with Crippen LogP contribution in [0.5, 0.6) is 23.0 Å². The van der Waals surface area contributed by atoms with Gasteiger partial charge in [0.1, 0.15) is 5.75 Å². The third-order valence-corrected chi connectivity index (χ3v) is 6.49. The third kappa shape index (κ3) is 3.74. The maximum atomic E-state index is 13.4. The van der Waals surface area contributed by atoms with Crippen molar-refractivity contribution in [3.05, 3.63) is 46.1 Å². The SMILES string of the molecule is CCOC(=O)c1c(-c2cc(OC)c(OC)c(OC)c2)c(C)n2c1-c1cc(Cl)c(OC)cc1CC2. The highest BCUT2D eigenvalue weighted by atomic mass is 35.5. The van der Waals surface area contributed by atoms with E-state index in [1.165, 1.54) is 0 Å². The van der Waals surface area contributed by atoms with E-state index in [9.17, 15) is 4.79 Å². The number of halogens is 1. The molecule has 2 aromatic carbocycles. The number of hydrogen-bond donors (Lipinski definition) is 0. The highest BCUT2D eigenvalue weighted by Gasteiger charge is 2.33. The maximum absolute atomic E-state index is 13.4. The average molecular weight is 486 g/mol. The first-order valence-electron chi connectivity index (χ1n) is 11.0. The van der Waals surface area contributed by atoms with E-state index in [1.807, 2.05) is 31.2 Å². The summed E-state index contributed by atoms with van der Waals surface area (Å²) < 4.78 is 29.7. The molecular weight excluding hydrogens is 458 g/mol. The second-order valence-electron chi connectivity index (χ2n) is 7.86. The summed E-state index contributed by atoms with van der Waals surface area (Å²) in [6.07, 6.45) is 0.780. The Bertz CT molecular complexity index is 1240. The van der Waals surface area contributed by atoms with Crippen LogP contribution in [0.15, 0.2) is 24.3 Å². The number of carbonyl (C=O) groups is 1. The summed E-state index contributed by atoms with van der Waals surface area (Å²) in [5, 5.41) is 0.484. The molecule has 0 bridgehead atoms. The van der Waals surface area contributed by atoms with Crippen LogP contribution in [0.2, 0.25) is 5.02 Å². The number of aromatic nitrogens is 1. The molecule has 3 aromatic rings. The van der Waals surface area contributed by atoms with Crippen LogP contribution in [0.25, 0.3) is 22.4 Å². The van der Waals surface area contributed by atoms with E-state index in [2.05, 4.69) is 4.57 Å². The Balaban J connectivity index is 2.06. The van der Waals surface area contributed by atoms with Gasteiger partial charge in [0.2, 0.25) is 5.75 Å². The molecule has 0 aliphatic carbocycles. The second-order valence-corrected chi connectivity index (χ2v) is 8.27. The minimum absolute atomic E-state index is 0.257. The van der Waals surface area contributed by atoms with E-state index in [1.54, 1.807) is 35.4 Å². The van der Waals surface area contributed by atoms with Crippen LogP contribution in [0, 0.1) is 6.92 Å². The van der Waals surface area contributed by atoms with Crippen molar-refractivity contribution in [1.82, 2.24) is 4.57 Å². The highest BCUT2D eigenvalue weighted by molar-refractivity contribution is 6.32. The van der Waals surface area contributed by atoms with E-state index in [0.29, 0.717) is 40.1 Å². The highest BCUT2D eigenvalue weighted by Crippen LogP contribution is 2.47. The topological polar surface area (TPSA) is 68.2 Å². The van der Waals surface area contributed by atoms with Crippen molar-refractivity contribution in [2.24, 2.45) is 0 Å². The minimum Gasteiger partial charge on any atom is -0.495 e. The van der Waals surface area contributed by atoms with Gasteiger partial charge in [0.25, 0.3) is 0 Å². The van der Waals surface area contributed by atoms with Crippen LogP contribution in [0.1, 0.15) is 28.5 Å². The quantitative estimate of drug-likeness (QED) is 0.409. The van der Waals surface area contributed by atoms with Gasteiger partial charge in [-0.05, 0) is 55.7 Å². The molecule has 0 fully saturated rings. The van der Waals surface area contributed by atoms with Crippen molar-refractivity contribution in [2.45, 2.75) is 26.8 Å². The van der Waals surface area contributed by atoms with Gasteiger partial charge in [-0.1, -0.05) is 11.6 Å². The first-order valence-corrected chi connectivity index (χ1v) is 11.3. The molecule has 0 atom stereocenters. The molecule has 34 heavy (non-hydrogen) atoms. The summed E-state index contributed by atoms with van der Waals surface area (Å²) in [5.74, 6) is 1.70. The number of fused-ring (bicyclic) bond motifs is 3. The van der Waals surface area contributed by atoms with Crippen LogP contribution in [0.4, 0.5) is 0 Å². The van der Waals surface area contributed by atoms with E-state index in [0.717, 1.165) is 40.1 Å². The number of benzene rings is 2. The zero-order valence-electron chi connectivity index (χ0n) is 20.2. The number of aryl methyl sites for hydroxylation is 1. The van der Waals surface area contributed by atoms with Gasteiger partial charge in [-0.3, -0.25) is 0 Å². The lowest BCUT2D eigenvalue weighted by molar-refractivity contribution is 0.0528. The molecule has 8 heteroatoms. The minimum atomic E-state index is -0.400. The summed E-state index contributed by atoms with van der Waals surface area (Å²) in [6, 6.07) is 7.50. The maximum Gasteiger partial charge on any atom is 0.340 e. The van der Waals surface area contributed by atoms with Crippen LogP contribution in [0.3, 0.4) is 0 Å². The smallest absolute Gasteiger partial charge is 0.340 e. The van der Waals surface area contributed by atoms with Crippen molar-refractivity contribution in [2.75, 3.05) is 35.0 Å². The zero-order valence-corrected chi connectivity index (χ0v) is 21.0. The van der Waals surface area contributed by atoms with E-state index >= 15 is 0 Å². The Hall–Kier alpha value is -3.32. The molecule has 0 saturated carbocycles. The van der Waals surface area contributed by atoms with E-state index in [-0.39, 0.29) is 6.61 Å². The molecule has 4 rings (SSSR count). The molecule has 2 heterocycles. The van der Waals surface area contributed by atoms with Gasteiger partial charge in [0.05, 0.1) is 51.3 Å². The summed E-state index contributed by atoms with van der Waals surface area (Å²) in [4.78, 5) is 13.4. The molecule has 0 saturated heterocycles. The number of nitrogens with zero attached hydrogens (tertiary/aromatic N) is 1. The molecule has 1 aliphatic heterocycles. The van der Waals surface area contributed by atoms with Crippen molar-refractivity contribution < 1.29 is 28.5 Å².